The molecule has 0 aliphatic carbocycles. The molecule has 0 aliphatic rings. The number of hydrogen-bond donors (Lipinski definition) is 2. The van der Waals surface area contributed by atoms with Crippen LogP contribution in [-0.2, 0) is 10.0 Å². The molecule has 2 N–H and O–H groups in total. The SMILES string of the molecule is Cc1ccc(C(=O)NCCOc2ccccc2C(C)C)cc1NS(=O)(=O)c1ccccc1. The standard InChI is InChI=1S/C25H28N2O4S/c1-18(2)22-11-7-8-12-24(22)31-16-15-26-25(28)20-14-13-19(3)23(17-20)27-32(29,30)21-9-5-4-6-10-21/h4-14,17-18,27H,15-16H2,1-3H3,(H,26,28). The molecule has 0 bridgehead atoms. The van der Waals surface area contributed by atoms with Gasteiger partial charge in [-0.25, -0.2) is 8.42 Å². The van der Waals surface area contributed by atoms with Crippen molar-refractivity contribution in [3.05, 3.63) is 89.5 Å². The van der Waals surface area contributed by atoms with Gasteiger partial charge < -0.3 is 10.1 Å². The molecule has 6 nitrogen and oxygen atoms in total. The first-order valence-corrected chi connectivity index (χ1v) is 11.9. The van der Waals surface area contributed by atoms with Crippen LogP contribution in [-0.4, -0.2) is 27.5 Å². The van der Waals surface area contributed by atoms with Crippen LogP contribution in [0.1, 0.15) is 41.3 Å². The van der Waals surface area contributed by atoms with Crippen molar-refractivity contribution in [2.45, 2.75) is 31.6 Å². The minimum Gasteiger partial charge on any atom is -0.491 e. The molecule has 0 atom stereocenters. The van der Waals surface area contributed by atoms with E-state index in [1.807, 2.05) is 24.3 Å². The van der Waals surface area contributed by atoms with Crippen molar-refractivity contribution >= 4 is 21.6 Å². The Morgan fingerprint density at radius 2 is 1.66 bits per heavy atom. The molecule has 0 heterocycles. The predicted molar refractivity (Wildman–Crippen MR) is 127 cm³/mol. The fraction of sp³-hybridized carbons (Fsp3) is 0.240. The maximum Gasteiger partial charge on any atom is 0.261 e. The predicted octanol–water partition coefficient (Wildman–Crippen LogP) is 4.73. The quantitative estimate of drug-likeness (QED) is 0.460. The van der Waals surface area contributed by atoms with Crippen LogP contribution >= 0.6 is 0 Å². The Morgan fingerprint density at radius 1 is 0.969 bits per heavy atom. The number of rotatable bonds is 9. The van der Waals surface area contributed by atoms with Crippen LogP contribution in [0.25, 0.3) is 0 Å². The molecular weight excluding hydrogens is 424 g/mol. The molecule has 168 valence electrons. The van der Waals surface area contributed by atoms with E-state index in [-0.39, 0.29) is 10.8 Å². The lowest BCUT2D eigenvalue weighted by molar-refractivity contribution is 0.0947. The van der Waals surface area contributed by atoms with E-state index in [1.165, 1.54) is 12.1 Å². The Bertz CT molecular complexity index is 1180. The van der Waals surface area contributed by atoms with E-state index in [9.17, 15) is 13.2 Å². The normalized spacial score (nSPS) is 11.2. The molecule has 7 heteroatoms. The summed E-state index contributed by atoms with van der Waals surface area (Å²) in [7, 11) is -3.74. The third kappa shape index (κ3) is 5.88. The van der Waals surface area contributed by atoms with E-state index in [0.717, 1.165) is 16.9 Å². The molecule has 0 unspecified atom stereocenters. The fourth-order valence-electron chi connectivity index (χ4n) is 3.19. The molecule has 3 aromatic carbocycles. The highest BCUT2D eigenvalue weighted by Gasteiger charge is 2.16. The van der Waals surface area contributed by atoms with Crippen molar-refractivity contribution in [3.8, 4) is 5.75 Å². The summed E-state index contributed by atoms with van der Waals surface area (Å²) in [5.74, 6) is 0.849. The zero-order valence-corrected chi connectivity index (χ0v) is 19.3. The Balaban J connectivity index is 1.62. The number of hydrogen-bond acceptors (Lipinski definition) is 4. The summed E-state index contributed by atoms with van der Waals surface area (Å²) in [6.07, 6.45) is 0. The third-order valence-corrected chi connectivity index (χ3v) is 6.37. The zero-order chi connectivity index (χ0) is 23.1. The number of carbonyl (C=O) groups excluding carboxylic acids is 1. The summed E-state index contributed by atoms with van der Waals surface area (Å²) in [6, 6.07) is 20.9. The molecular formula is C25H28N2O4S. The Labute approximate surface area is 189 Å². The number of sulfonamides is 1. The van der Waals surface area contributed by atoms with E-state index >= 15 is 0 Å². The summed E-state index contributed by atoms with van der Waals surface area (Å²) in [5.41, 5.74) is 2.56. The number of anilines is 1. The van der Waals surface area contributed by atoms with Gasteiger partial charge in [-0.05, 0) is 54.3 Å². The molecule has 3 rings (SSSR count). The molecule has 0 saturated carbocycles. The van der Waals surface area contributed by atoms with Crippen LogP contribution in [0.5, 0.6) is 5.75 Å². The molecule has 0 aromatic heterocycles. The lowest BCUT2D eigenvalue weighted by atomic mass is 10.0. The number of nitrogens with one attached hydrogen (secondary N) is 2. The first-order valence-electron chi connectivity index (χ1n) is 10.5. The van der Waals surface area contributed by atoms with Crippen molar-refractivity contribution < 1.29 is 17.9 Å². The molecule has 0 spiro atoms. The number of carbonyl (C=O) groups is 1. The van der Waals surface area contributed by atoms with Gasteiger partial charge >= 0.3 is 0 Å². The first-order chi connectivity index (χ1) is 15.3. The van der Waals surface area contributed by atoms with Crippen molar-refractivity contribution in [2.75, 3.05) is 17.9 Å². The van der Waals surface area contributed by atoms with Gasteiger partial charge in [0.2, 0.25) is 0 Å². The van der Waals surface area contributed by atoms with Crippen molar-refractivity contribution in [1.82, 2.24) is 5.32 Å². The summed E-state index contributed by atoms with van der Waals surface area (Å²) < 4.78 is 33.7. The van der Waals surface area contributed by atoms with Crippen LogP contribution in [0.15, 0.2) is 77.7 Å². The number of ether oxygens (including phenoxy) is 1. The average molecular weight is 453 g/mol. The Hall–Kier alpha value is -3.32. The van der Waals surface area contributed by atoms with Crippen molar-refractivity contribution in [1.29, 1.82) is 0 Å². The van der Waals surface area contributed by atoms with Gasteiger partial charge in [0.15, 0.2) is 0 Å². The second-order valence-corrected chi connectivity index (χ2v) is 9.43. The molecule has 0 saturated heterocycles. The lowest BCUT2D eigenvalue weighted by Gasteiger charge is -2.14. The van der Waals surface area contributed by atoms with E-state index in [4.69, 9.17) is 4.74 Å². The molecule has 0 aliphatic heterocycles. The Morgan fingerprint density at radius 3 is 2.38 bits per heavy atom. The largest absolute Gasteiger partial charge is 0.491 e. The zero-order valence-electron chi connectivity index (χ0n) is 18.5. The number of amides is 1. The molecule has 0 radical (unpaired) electrons. The van der Waals surface area contributed by atoms with Crippen LogP contribution in [0.4, 0.5) is 5.69 Å². The highest BCUT2D eigenvalue weighted by molar-refractivity contribution is 7.92. The second-order valence-electron chi connectivity index (χ2n) is 7.75. The molecule has 32 heavy (non-hydrogen) atoms. The van der Waals surface area contributed by atoms with Gasteiger partial charge in [-0.2, -0.15) is 0 Å². The molecule has 0 fully saturated rings. The van der Waals surface area contributed by atoms with Gasteiger partial charge in [0.05, 0.1) is 17.1 Å². The summed E-state index contributed by atoms with van der Waals surface area (Å²) in [6.45, 7) is 6.64. The van der Waals surface area contributed by atoms with E-state index in [0.29, 0.717) is 30.3 Å². The summed E-state index contributed by atoms with van der Waals surface area (Å²) in [4.78, 5) is 12.7. The van der Waals surface area contributed by atoms with Gasteiger partial charge in [-0.15, -0.1) is 0 Å². The van der Waals surface area contributed by atoms with E-state index < -0.39 is 10.0 Å². The maximum atomic E-state index is 12.6. The Kier molecular flexibility index (Phi) is 7.53. The lowest BCUT2D eigenvalue weighted by Crippen LogP contribution is -2.28. The van der Waals surface area contributed by atoms with E-state index in [1.54, 1.807) is 43.3 Å². The highest BCUT2D eigenvalue weighted by atomic mass is 32.2. The van der Waals surface area contributed by atoms with Gasteiger partial charge in [-0.3, -0.25) is 9.52 Å². The van der Waals surface area contributed by atoms with Gasteiger partial charge in [-0.1, -0.05) is 56.3 Å². The summed E-state index contributed by atoms with van der Waals surface area (Å²) >= 11 is 0. The van der Waals surface area contributed by atoms with Crippen molar-refractivity contribution in [2.24, 2.45) is 0 Å². The number of aryl methyl sites for hydroxylation is 1. The maximum absolute atomic E-state index is 12.6. The second kappa shape index (κ2) is 10.3. The molecule has 3 aromatic rings. The number of benzene rings is 3. The van der Waals surface area contributed by atoms with Crippen LogP contribution in [0, 0.1) is 6.92 Å². The highest BCUT2D eigenvalue weighted by Crippen LogP contribution is 2.25. The third-order valence-electron chi connectivity index (χ3n) is 4.98. The van der Waals surface area contributed by atoms with Gasteiger partial charge in [0.25, 0.3) is 15.9 Å². The minimum absolute atomic E-state index is 0.160. The first kappa shape index (κ1) is 23.3. The monoisotopic (exact) mass is 452 g/mol. The smallest absolute Gasteiger partial charge is 0.261 e. The van der Waals surface area contributed by atoms with Crippen molar-refractivity contribution in [3.63, 3.8) is 0 Å². The average Bonchev–Trinajstić information content (AvgIpc) is 2.78. The van der Waals surface area contributed by atoms with Gasteiger partial charge in [0, 0.05) is 5.56 Å². The summed E-state index contributed by atoms with van der Waals surface area (Å²) in [5, 5.41) is 2.82. The number of para-hydroxylation sites is 1. The van der Waals surface area contributed by atoms with E-state index in [2.05, 4.69) is 23.9 Å². The van der Waals surface area contributed by atoms with Gasteiger partial charge in [0.1, 0.15) is 12.4 Å². The fourth-order valence-corrected chi connectivity index (χ4v) is 4.34. The minimum atomic E-state index is -3.74. The van der Waals surface area contributed by atoms with Crippen LogP contribution in [0.2, 0.25) is 0 Å². The molecule has 1 amide bonds. The van der Waals surface area contributed by atoms with Crippen LogP contribution in [0.3, 0.4) is 0 Å². The topological polar surface area (TPSA) is 84.5 Å². The van der Waals surface area contributed by atoms with Crippen LogP contribution < -0.4 is 14.8 Å².